The molecule has 1 aromatic heterocycles. The minimum atomic E-state index is -0.0109. The number of aromatic nitrogens is 2. The molecule has 3 rings (SSSR count). The number of nitrogens with zero attached hydrogens (tertiary/aromatic N) is 3. The van der Waals surface area contributed by atoms with Gasteiger partial charge in [-0.05, 0) is 51.7 Å². The third kappa shape index (κ3) is 3.60. The van der Waals surface area contributed by atoms with Crippen LogP contribution < -0.4 is 0 Å². The molecule has 0 bridgehead atoms. The molecule has 26 heavy (non-hydrogen) atoms. The molecule has 5 nitrogen and oxygen atoms in total. The van der Waals surface area contributed by atoms with Crippen LogP contribution in [0.25, 0.3) is 11.3 Å². The molecule has 0 saturated heterocycles. The molecule has 1 aliphatic carbocycles. The second-order valence-corrected chi connectivity index (χ2v) is 7.24. The van der Waals surface area contributed by atoms with E-state index in [-0.39, 0.29) is 30.4 Å². The Morgan fingerprint density at radius 2 is 1.88 bits per heavy atom. The number of nitriles is 1. The van der Waals surface area contributed by atoms with E-state index in [1.165, 1.54) is 6.92 Å². The minimum absolute atomic E-state index is 0.0109. The predicted molar refractivity (Wildman–Crippen MR) is 99.0 cm³/mol. The van der Waals surface area contributed by atoms with Crippen LogP contribution in [0.4, 0.5) is 0 Å². The Kier molecular flexibility index (Phi) is 5.03. The van der Waals surface area contributed by atoms with E-state index in [0.29, 0.717) is 17.2 Å². The van der Waals surface area contributed by atoms with Crippen LogP contribution >= 0.6 is 0 Å². The molecule has 0 amide bonds. The summed E-state index contributed by atoms with van der Waals surface area (Å²) in [5, 5.41) is 13.8. The maximum absolute atomic E-state index is 12.9. The first-order valence-corrected chi connectivity index (χ1v) is 9.08. The summed E-state index contributed by atoms with van der Waals surface area (Å²) in [4.78, 5) is 24.2. The summed E-state index contributed by atoms with van der Waals surface area (Å²) in [5.74, 6) is 0.363. The van der Waals surface area contributed by atoms with Gasteiger partial charge in [0, 0.05) is 30.0 Å². The SMILES string of the molecule is CC(=O)CCC(=O)c1c(C2CC2)c(-c2ccc(C#N)cc2)nn1C(C)C. The molecular weight excluding hydrogens is 326 g/mol. The average Bonchev–Trinajstić information content (AvgIpc) is 3.38. The lowest BCUT2D eigenvalue weighted by molar-refractivity contribution is -0.116. The molecule has 1 aromatic carbocycles. The molecule has 0 atom stereocenters. The lowest BCUT2D eigenvalue weighted by atomic mass is 9.97. The second kappa shape index (κ2) is 7.25. The largest absolute Gasteiger partial charge is 0.300 e. The van der Waals surface area contributed by atoms with Gasteiger partial charge in [0.15, 0.2) is 5.78 Å². The third-order valence-electron chi connectivity index (χ3n) is 4.68. The smallest absolute Gasteiger partial charge is 0.181 e. The van der Waals surface area contributed by atoms with Gasteiger partial charge in [0.2, 0.25) is 0 Å². The highest BCUT2D eigenvalue weighted by atomic mass is 16.1. The first-order valence-electron chi connectivity index (χ1n) is 9.08. The Labute approximate surface area is 153 Å². The lowest BCUT2D eigenvalue weighted by Crippen LogP contribution is -2.14. The maximum atomic E-state index is 12.9. The molecular formula is C21H23N3O2. The fourth-order valence-electron chi connectivity index (χ4n) is 3.18. The number of ketones is 2. The Bertz CT molecular complexity index is 881. The molecule has 134 valence electrons. The molecule has 2 aromatic rings. The fourth-order valence-corrected chi connectivity index (χ4v) is 3.18. The summed E-state index contributed by atoms with van der Waals surface area (Å²) >= 11 is 0. The van der Waals surface area contributed by atoms with Crippen molar-refractivity contribution in [1.29, 1.82) is 5.26 Å². The van der Waals surface area contributed by atoms with Crippen LogP contribution in [0.5, 0.6) is 0 Å². The van der Waals surface area contributed by atoms with Crippen molar-refractivity contribution in [3.8, 4) is 17.3 Å². The van der Waals surface area contributed by atoms with Crippen molar-refractivity contribution in [2.24, 2.45) is 0 Å². The predicted octanol–water partition coefficient (Wildman–Crippen LogP) is 4.43. The highest BCUT2D eigenvalue weighted by Gasteiger charge is 2.35. The van der Waals surface area contributed by atoms with E-state index in [4.69, 9.17) is 10.4 Å². The van der Waals surface area contributed by atoms with Crippen LogP contribution in [0.2, 0.25) is 0 Å². The maximum Gasteiger partial charge on any atom is 0.181 e. The first-order chi connectivity index (χ1) is 12.4. The van der Waals surface area contributed by atoms with Gasteiger partial charge in [-0.15, -0.1) is 0 Å². The van der Waals surface area contributed by atoms with Crippen LogP contribution in [0.1, 0.15) is 80.0 Å². The molecule has 0 radical (unpaired) electrons. The molecule has 0 spiro atoms. The van der Waals surface area contributed by atoms with Gasteiger partial charge < -0.3 is 4.79 Å². The molecule has 1 heterocycles. The standard InChI is InChI=1S/C21H23N3O2/c1-13(2)24-21(18(26)11-4-14(3)25)19(16-9-10-16)20(23-24)17-7-5-15(12-22)6-8-17/h5-8,13,16H,4,9-11H2,1-3H3. The van der Waals surface area contributed by atoms with Gasteiger partial charge in [-0.3, -0.25) is 9.48 Å². The topological polar surface area (TPSA) is 75.8 Å². The molecule has 5 heteroatoms. The highest BCUT2D eigenvalue weighted by Crippen LogP contribution is 2.46. The van der Waals surface area contributed by atoms with Crippen LogP contribution in [0, 0.1) is 11.3 Å². The Morgan fingerprint density at radius 3 is 2.38 bits per heavy atom. The van der Waals surface area contributed by atoms with Gasteiger partial charge in [-0.1, -0.05) is 12.1 Å². The summed E-state index contributed by atoms with van der Waals surface area (Å²) < 4.78 is 1.81. The highest BCUT2D eigenvalue weighted by molar-refractivity contribution is 5.99. The van der Waals surface area contributed by atoms with E-state index in [9.17, 15) is 9.59 Å². The summed E-state index contributed by atoms with van der Waals surface area (Å²) in [7, 11) is 0. The van der Waals surface area contributed by atoms with Gasteiger partial charge in [-0.25, -0.2) is 0 Å². The van der Waals surface area contributed by atoms with Crippen molar-refractivity contribution in [3.63, 3.8) is 0 Å². The van der Waals surface area contributed by atoms with Gasteiger partial charge >= 0.3 is 0 Å². The summed E-state index contributed by atoms with van der Waals surface area (Å²) in [6, 6.07) is 9.51. The van der Waals surface area contributed by atoms with Gasteiger partial charge in [0.1, 0.15) is 11.5 Å². The van der Waals surface area contributed by atoms with Crippen LogP contribution in [-0.4, -0.2) is 21.3 Å². The number of benzene rings is 1. The van der Waals surface area contributed by atoms with E-state index in [1.807, 2.05) is 30.7 Å². The van der Waals surface area contributed by atoms with Crippen molar-refractivity contribution >= 4 is 11.6 Å². The van der Waals surface area contributed by atoms with Gasteiger partial charge in [0.25, 0.3) is 0 Å². The van der Waals surface area contributed by atoms with Crippen molar-refractivity contribution in [1.82, 2.24) is 9.78 Å². The summed E-state index contributed by atoms with van der Waals surface area (Å²) in [6.07, 6.45) is 2.60. The van der Waals surface area contributed by atoms with Crippen molar-refractivity contribution in [3.05, 3.63) is 41.1 Å². The first kappa shape index (κ1) is 18.1. The van der Waals surface area contributed by atoms with Gasteiger partial charge in [-0.2, -0.15) is 10.4 Å². The Morgan fingerprint density at radius 1 is 1.23 bits per heavy atom. The molecule has 0 N–H and O–H groups in total. The number of hydrogen-bond donors (Lipinski definition) is 0. The van der Waals surface area contributed by atoms with E-state index in [1.54, 1.807) is 12.1 Å². The zero-order valence-electron chi connectivity index (χ0n) is 15.5. The minimum Gasteiger partial charge on any atom is -0.300 e. The third-order valence-corrected chi connectivity index (χ3v) is 4.68. The zero-order valence-corrected chi connectivity index (χ0v) is 15.5. The van der Waals surface area contributed by atoms with Crippen molar-refractivity contribution in [2.75, 3.05) is 0 Å². The average molecular weight is 349 g/mol. The monoisotopic (exact) mass is 349 g/mol. The number of rotatable bonds is 7. The van der Waals surface area contributed by atoms with Crippen LogP contribution in [0.15, 0.2) is 24.3 Å². The number of carbonyl (C=O) groups excluding carboxylic acids is 2. The van der Waals surface area contributed by atoms with Crippen molar-refractivity contribution in [2.45, 2.75) is 58.4 Å². The number of Topliss-reactive ketones (excluding diaryl/α,β-unsaturated/α-hetero) is 2. The van der Waals surface area contributed by atoms with E-state index in [0.717, 1.165) is 29.7 Å². The van der Waals surface area contributed by atoms with E-state index in [2.05, 4.69) is 6.07 Å². The molecule has 1 aliphatic rings. The van der Waals surface area contributed by atoms with Crippen LogP contribution in [0.3, 0.4) is 0 Å². The molecule has 0 aliphatic heterocycles. The van der Waals surface area contributed by atoms with E-state index >= 15 is 0 Å². The normalized spacial score (nSPS) is 13.7. The molecule has 1 fully saturated rings. The molecule has 1 saturated carbocycles. The number of carbonyl (C=O) groups is 2. The van der Waals surface area contributed by atoms with Gasteiger partial charge in [0.05, 0.1) is 17.3 Å². The quantitative estimate of drug-likeness (QED) is 0.693. The van der Waals surface area contributed by atoms with E-state index < -0.39 is 0 Å². The number of hydrogen-bond acceptors (Lipinski definition) is 4. The molecule has 0 unspecified atom stereocenters. The lowest BCUT2D eigenvalue weighted by Gasteiger charge is -2.11. The Hall–Kier alpha value is -2.74. The zero-order chi connectivity index (χ0) is 18.8. The second-order valence-electron chi connectivity index (χ2n) is 7.24. The summed E-state index contributed by atoms with van der Waals surface area (Å²) in [5.41, 5.74) is 4.02. The van der Waals surface area contributed by atoms with Crippen molar-refractivity contribution < 1.29 is 9.59 Å². The Balaban J connectivity index is 2.10. The summed E-state index contributed by atoms with van der Waals surface area (Å²) in [6.45, 7) is 5.53. The van der Waals surface area contributed by atoms with Crippen LogP contribution in [-0.2, 0) is 4.79 Å². The fraction of sp³-hybridized carbons (Fsp3) is 0.429.